The van der Waals surface area contributed by atoms with E-state index in [1.165, 1.54) is 86.2 Å². The second-order valence-electron chi connectivity index (χ2n) is 9.79. The number of para-hydroxylation sites is 3. The van der Waals surface area contributed by atoms with Crippen LogP contribution < -0.4 is 33.9 Å². The maximum Gasteiger partial charge on any atom is 0.142 e. The number of rotatable bonds is 13. The summed E-state index contributed by atoms with van der Waals surface area (Å²) >= 11 is 0. The summed E-state index contributed by atoms with van der Waals surface area (Å²) < 4.78 is 2.00. The molecular formula is C33H51Br2ClN2. The first-order valence-corrected chi connectivity index (χ1v) is 13.9. The maximum atomic E-state index is 2.34. The van der Waals surface area contributed by atoms with Gasteiger partial charge in [0.1, 0.15) is 17.1 Å². The highest BCUT2D eigenvalue weighted by Crippen LogP contribution is 2.41. The fourth-order valence-corrected chi connectivity index (χ4v) is 5.00. The molecule has 0 amide bonds. The summed E-state index contributed by atoms with van der Waals surface area (Å²) in [6, 6.07) is 31.8. The lowest BCUT2D eigenvalue weighted by Crippen LogP contribution is -3.00. The first kappa shape index (κ1) is 39.0. The summed E-state index contributed by atoms with van der Waals surface area (Å²) in [6.45, 7) is 14.6. The van der Waals surface area contributed by atoms with Crippen LogP contribution in [0.15, 0.2) is 91.0 Å². The number of halogens is 3. The van der Waals surface area contributed by atoms with Crippen molar-refractivity contribution < 1.29 is 33.9 Å². The van der Waals surface area contributed by atoms with Crippen molar-refractivity contribution in [2.75, 3.05) is 33.2 Å². The minimum Gasteiger partial charge on any atom is -1.00 e. The van der Waals surface area contributed by atoms with Crippen molar-refractivity contribution in [2.45, 2.75) is 66.2 Å². The van der Waals surface area contributed by atoms with E-state index in [0.29, 0.717) is 4.48 Å². The number of quaternary nitrogens is 2. The number of hydrogen-bond donors (Lipinski definition) is 0. The van der Waals surface area contributed by atoms with E-state index in [2.05, 4.69) is 126 Å². The second-order valence-corrected chi connectivity index (χ2v) is 9.79. The number of benzene rings is 3. The molecule has 0 aliphatic carbocycles. The lowest BCUT2D eigenvalue weighted by molar-refractivity contribution is -0.923. The van der Waals surface area contributed by atoms with E-state index in [1.807, 2.05) is 0 Å². The summed E-state index contributed by atoms with van der Waals surface area (Å²) in [4.78, 5) is 0. The first-order chi connectivity index (χ1) is 17.1. The van der Waals surface area contributed by atoms with Crippen molar-refractivity contribution in [1.29, 1.82) is 0 Å². The largest absolute Gasteiger partial charge is 1.00 e. The minimum atomic E-state index is 0. The molecule has 0 saturated heterocycles. The Morgan fingerprint density at radius 3 is 1.13 bits per heavy atom. The smallest absolute Gasteiger partial charge is 0.142 e. The van der Waals surface area contributed by atoms with Gasteiger partial charge in [0.25, 0.3) is 0 Å². The van der Waals surface area contributed by atoms with Gasteiger partial charge >= 0.3 is 0 Å². The molecule has 2 nitrogen and oxygen atoms in total. The van der Waals surface area contributed by atoms with Crippen LogP contribution >= 0.6 is 17.0 Å². The van der Waals surface area contributed by atoms with E-state index in [4.69, 9.17) is 0 Å². The van der Waals surface area contributed by atoms with Gasteiger partial charge in [-0.1, -0.05) is 87.2 Å². The molecule has 3 aromatic rings. The zero-order chi connectivity index (χ0) is 25.4. The molecular weight excluding hydrogens is 620 g/mol. The van der Waals surface area contributed by atoms with E-state index < -0.39 is 0 Å². The summed E-state index contributed by atoms with van der Waals surface area (Å²) in [7, 11) is 2.24. The molecule has 0 aromatic heterocycles. The second kappa shape index (κ2) is 21.6. The molecule has 5 heteroatoms. The molecule has 0 unspecified atom stereocenters. The van der Waals surface area contributed by atoms with Crippen LogP contribution in [0.3, 0.4) is 0 Å². The highest BCUT2D eigenvalue weighted by Gasteiger charge is 2.30. The quantitative estimate of drug-likeness (QED) is 0.190. The van der Waals surface area contributed by atoms with Crippen LogP contribution in [0.4, 0.5) is 17.1 Å². The zero-order valence-electron chi connectivity index (χ0n) is 24.3. The van der Waals surface area contributed by atoms with E-state index in [0.717, 1.165) is 0 Å². The van der Waals surface area contributed by atoms with Crippen molar-refractivity contribution in [3.63, 3.8) is 0 Å². The molecule has 3 rings (SSSR count). The lowest BCUT2D eigenvalue weighted by atomic mass is 10.1. The van der Waals surface area contributed by atoms with Crippen LogP contribution in [0.1, 0.15) is 66.2 Å². The highest BCUT2D eigenvalue weighted by molar-refractivity contribution is 8.93. The summed E-state index contributed by atoms with van der Waals surface area (Å²) in [5, 5.41) is 0. The van der Waals surface area contributed by atoms with Crippen LogP contribution in [0, 0.1) is 0 Å². The molecule has 38 heavy (non-hydrogen) atoms. The molecule has 0 saturated carbocycles. The minimum absolute atomic E-state index is 0. The van der Waals surface area contributed by atoms with E-state index in [-0.39, 0.29) is 46.4 Å². The van der Waals surface area contributed by atoms with Crippen molar-refractivity contribution in [3.8, 4) is 0 Å². The normalized spacial score (nSPS) is 10.7. The molecule has 0 N–H and O–H groups in total. The van der Waals surface area contributed by atoms with Crippen molar-refractivity contribution in [1.82, 2.24) is 4.48 Å². The average molecular weight is 671 g/mol. The Morgan fingerprint density at radius 2 is 0.816 bits per heavy atom. The Morgan fingerprint density at radius 1 is 0.500 bits per heavy atom. The third-order valence-corrected chi connectivity index (χ3v) is 7.82. The molecule has 0 aliphatic rings. The summed E-state index contributed by atoms with van der Waals surface area (Å²) in [5.74, 6) is 0. The Hall–Kier alpha value is -1.17. The summed E-state index contributed by atoms with van der Waals surface area (Å²) in [6.07, 6.45) is 8.55. The molecule has 0 fully saturated rings. The van der Waals surface area contributed by atoms with Crippen LogP contribution in [-0.4, -0.2) is 37.7 Å². The number of nitrogens with zero attached hydrogens (tertiary/aromatic N) is 2. The van der Waals surface area contributed by atoms with Crippen LogP contribution in [0.25, 0.3) is 0 Å². The van der Waals surface area contributed by atoms with E-state index >= 15 is 0 Å². The fraction of sp³-hybridized carbons (Fsp3) is 0.455. The van der Waals surface area contributed by atoms with Crippen LogP contribution in [-0.2, 0) is 0 Å². The predicted molar refractivity (Wildman–Crippen MR) is 167 cm³/mol. The molecule has 0 bridgehead atoms. The van der Waals surface area contributed by atoms with Gasteiger partial charge in [-0.3, -0.25) is 0 Å². The number of hydrogen-bond acceptors (Lipinski definition) is 0. The Kier molecular flexibility index (Phi) is 22.2. The molecule has 214 valence electrons. The van der Waals surface area contributed by atoms with Gasteiger partial charge in [-0.15, -0.1) is 17.0 Å². The fourth-order valence-electron chi connectivity index (χ4n) is 5.00. The van der Waals surface area contributed by atoms with Gasteiger partial charge in [-0.05, 0) is 70.0 Å². The Bertz CT molecular complexity index is 815. The SMILES string of the molecule is Br.CCCCCCCC[N+](CC)(CC)CC.C[N+](c1ccccc1)(c1ccccc1)c1ccccc1.[Br-].[Cl-]. The Labute approximate surface area is 261 Å². The van der Waals surface area contributed by atoms with Gasteiger partial charge in [0.15, 0.2) is 0 Å². The molecule has 0 radical (unpaired) electrons. The first-order valence-electron chi connectivity index (χ1n) is 13.9. The molecule has 3 aromatic carbocycles. The maximum absolute atomic E-state index is 2.34. The topological polar surface area (TPSA) is 0 Å². The molecule has 0 atom stereocenters. The van der Waals surface area contributed by atoms with Gasteiger partial charge in [0, 0.05) is 0 Å². The van der Waals surface area contributed by atoms with Gasteiger partial charge in [-0.2, -0.15) is 0 Å². The average Bonchev–Trinajstić information content (AvgIpc) is 2.94. The monoisotopic (exact) mass is 668 g/mol. The Balaban J connectivity index is 0. The highest BCUT2D eigenvalue weighted by atomic mass is 79.9. The number of unbranched alkanes of at least 4 members (excludes halogenated alkanes) is 5. The summed E-state index contributed by atoms with van der Waals surface area (Å²) in [5.41, 5.74) is 3.76. The lowest BCUT2D eigenvalue weighted by Gasteiger charge is -2.35. The molecule has 0 heterocycles. The predicted octanol–water partition coefficient (Wildman–Crippen LogP) is 4.10. The van der Waals surface area contributed by atoms with Crippen LogP contribution in [0.5, 0.6) is 0 Å². The van der Waals surface area contributed by atoms with Gasteiger partial charge < -0.3 is 33.9 Å². The van der Waals surface area contributed by atoms with Gasteiger partial charge in [0.05, 0.1) is 33.2 Å². The molecule has 0 aliphatic heterocycles. The van der Waals surface area contributed by atoms with Crippen LogP contribution in [0.2, 0.25) is 0 Å². The van der Waals surface area contributed by atoms with Gasteiger partial charge in [-0.25, -0.2) is 4.48 Å². The third kappa shape index (κ3) is 11.5. The third-order valence-electron chi connectivity index (χ3n) is 7.82. The van der Waals surface area contributed by atoms with E-state index in [9.17, 15) is 0 Å². The zero-order valence-corrected chi connectivity index (χ0v) is 28.3. The molecule has 0 spiro atoms. The van der Waals surface area contributed by atoms with Crippen molar-refractivity contribution in [3.05, 3.63) is 91.0 Å². The van der Waals surface area contributed by atoms with Gasteiger partial charge in [0.2, 0.25) is 0 Å². The van der Waals surface area contributed by atoms with Crippen molar-refractivity contribution >= 4 is 34.0 Å². The van der Waals surface area contributed by atoms with E-state index in [1.54, 1.807) is 0 Å². The van der Waals surface area contributed by atoms with Crippen molar-refractivity contribution in [2.24, 2.45) is 0 Å². The standard InChI is InChI=1S/C19H18N.C14H32N.2BrH.ClH/c1-20(17-11-5-2-6-12-17,18-13-7-3-8-14-18)19-15-9-4-10-16-19;1-5-9-10-11-12-13-14-15(6-2,7-3)8-4;;;/h2-16H,1H3;5-14H2,1-4H3;3*1H/q2*+1;;;/p-2.